The van der Waals surface area contributed by atoms with Crippen molar-refractivity contribution in [3.63, 3.8) is 0 Å². The van der Waals surface area contributed by atoms with Crippen molar-refractivity contribution in [2.24, 2.45) is 0 Å². The van der Waals surface area contributed by atoms with Crippen LogP contribution in [0.5, 0.6) is 0 Å². The van der Waals surface area contributed by atoms with Gasteiger partial charge in [0.25, 0.3) is 0 Å². The first-order valence-corrected chi connectivity index (χ1v) is 9.25. The average molecular weight is 366 g/mol. The van der Waals surface area contributed by atoms with Crippen LogP contribution in [0.3, 0.4) is 0 Å². The Morgan fingerprint density at radius 3 is 2.76 bits per heavy atom. The van der Waals surface area contributed by atoms with E-state index in [0.717, 1.165) is 37.9 Å². The van der Waals surface area contributed by atoms with Crippen molar-refractivity contribution in [1.29, 1.82) is 0 Å². The van der Waals surface area contributed by atoms with Crippen LogP contribution in [0.4, 0.5) is 5.69 Å². The summed E-state index contributed by atoms with van der Waals surface area (Å²) >= 11 is 6.06. The fourth-order valence-corrected chi connectivity index (χ4v) is 3.28. The Hall–Kier alpha value is -1.59. The van der Waals surface area contributed by atoms with Crippen molar-refractivity contribution in [1.82, 2.24) is 9.80 Å². The number of halogens is 1. The van der Waals surface area contributed by atoms with Crippen molar-refractivity contribution in [2.75, 3.05) is 32.5 Å². The smallest absolute Gasteiger partial charge is 0.224 e. The molecule has 2 amide bonds. The summed E-state index contributed by atoms with van der Waals surface area (Å²) in [4.78, 5) is 28.8. The number of carbonyl (C=O) groups is 2. The summed E-state index contributed by atoms with van der Waals surface area (Å²) in [5, 5.41) is 3.46. The molecular weight excluding hydrogens is 338 g/mol. The molecule has 138 valence electrons. The number of amides is 2. The van der Waals surface area contributed by atoms with E-state index in [9.17, 15) is 9.59 Å². The molecule has 0 aliphatic carbocycles. The Kier molecular flexibility index (Phi) is 7.26. The second-order valence-electron chi connectivity index (χ2n) is 6.91. The van der Waals surface area contributed by atoms with E-state index < -0.39 is 0 Å². The molecule has 1 aromatic rings. The zero-order chi connectivity index (χ0) is 18.4. The third-order valence-electron chi connectivity index (χ3n) is 4.84. The molecule has 5 nitrogen and oxygen atoms in total. The maximum Gasteiger partial charge on any atom is 0.224 e. The highest BCUT2D eigenvalue weighted by Crippen LogP contribution is 2.23. The van der Waals surface area contributed by atoms with Crippen LogP contribution in [-0.2, 0) is 9.59 Å². The van der Waals surface area contributed by atoms with E-state index in [0.29, 0.717) is 16.8 Å². The summed E-state index contributed by atoms with van der Waals surface area (Å²) in [7, 11) is 4.11. The molecule has 0 unspecified atom stereocenters. The third kappa shape index (κ3) is 5.72. The van der Waals surface area contributed by atoms with E-state index in [1.807, 2.05) is 17.9 Å². The number of rotatable bonds is 5. The molecule has 1 aliphatic rings. The molecule has 0 spiro atoms. The number of likely N-dealkylation sites (N-methyl/N-ethyl adjacent to an activating group) is 1. The fraction of sp³-hybridized carbons (Fsp3) is 0.579. The zero-order valence-electron chi connectivity index (χ0n) is 15.3. The van der Waals surface area contributed by atoms with E-state index in [2.05, 4.69) is 24.3 Å². The molecule has 0 saturated carbocycles. The maximum atomic E-state index is 12.5. The van der Waals surface area contributed by atoms with Gasteiger partial charge in [-0.1, -0.05) is 24.1 Å². The van der Waals surface area contributed by atoms with Crippen LogP contribution in [0, 0.1) is 6.92 Å². The Morgan fingerprint density at radius 1 is 1.28 bits per heavy atom. The highest BCUT2D eigenvalue weighted by Gasteiger charge is 2.23. The molecule has 1 aromatic carbocycles. The van der Waals surface area contributed by atoms with Crippen LogP contribution in [-0.4, -0.2) is 54.8 Å². The minimum absolute atomic E-state index is 0.0618. The van der Waals surface area contributed by atoms with Gasteiger partial charge >= 0.3 is 0 Å². The van der Waals surface area contributed by atoms with Crippen molar-refractivity contribution < 1.29 is 9.59 Å². The average Bonchev–Trinajstić information content (AvgIpc) is 2.83. The Balaban J connectivity index is 1.86. The molecule has 25 heavy (non-hydrogen) atoms. The van der Waals surface area contributed by atoms with Gasteiger partial charge < -0.3 is 15.1 Å². The number of benzene rings is 1. The van der Waals surface area contributed by atoms with E-state index >= 15 is 0 Å². The maximum absolute atomic E-state index is 12.5. The number of carbonyl (C=O) groups excluding carboxylic acids is 2. The summed E-state index contributed by atoms with van der Waals surface area (Å²) < 4.78 is 0. The van der Waals surface area contributed by atoms with Crippen LogP contribution < -0.4 is 5.32 Å². The highest BCUT2D eigenvalue weighted by molar-refractivity contribution is 6.31. The van der Waals surface area contributed by atoms with Gasteiger partial charge in [0.05, 0.1) is 0 Å². The minimum atomic E-state index is -0.155. The molecule has 1 N–H and O–H groups in total. The van der Waals surface area contributed by atoms with Gasteiger partial charge in [0, 0.05) is 42.7 Å². The molecule has 0 aromatic heterocycles. The standard InChI is InChI=1S/C19H28ClN3O2/c1-14-16(20)8-6-9-17(14)21-18(24)10-11-19(25)23-12-5-4-7-15(13-23)22(2)3/h6,8-9,15H,4-5,7,10-13H2,1-3H3,(H,21,24)/t15-/m0/s1. The minimum Gasteiger partial charge on any atom is -0.341 e. The van der Waals surface area contributed by atoms with E-state index in [4.69, 9.17) is 11.6 Å². The van der Waals surface area contributed by atoms with Gasteiger partial charge in [0.15, 0.2) is 0 Å². The van der Waals surface area contributed by atoms with E-state index in [1.165, 1.54) is 0 Å². The van der Waals surface area contributed by atoms with Crippen molar-refractivity contribution >= 4 is 29.1 Å². The van der Waals surface area contributed by atoms with Crippen LogP contribution in [0.1, 0.15) is 37.7 Å². The van der Waals surface area contributed by atoms with Crippen molar-refractivity contribution in [3.8, 4) is 0 Å². The second kappa shape index (κ2) is 9.20. The third-order valence-corrected chi connectivity index (χ3v) is 5.25. The summed E-state index contributed by atoms with van der Waals surface area (Å²) in [6.07, 6.45) is 3.72. The van der Waals surface area contributed by atoms with Gasteiger partial charge in [-0.2, -0.15) is 0 Å². The lowest BCUT2D eigenvalue weighted by Crippen LogP contribution is -2.42. The van der Waals surface area contributed by atoms with Gasteiger partial charge in [0.2, 0.25) is 11.8 Å². The summed E-state index contributed by atoms with van der Waals surface area (Å²) in [5.41, 5.74) is 1.54. The van der Waals surface area contributed by atoms with E-state index in [1.54, 1.807) is 12.1 Å². The van der Waals surface area contributed by atoms with Crippen LogP contribution in [0.15, 0.2) is 18.2 Å². The Bertz CT molecular complexity index is 619. The van der Waals surface area contributed by atoms with Crippen LogP contribution in [0.25, 0.3) is 0 Å². The number of likely N-dealkylation sites (tertiary alicyclic amines) is 1. The summed E-state index contributed by atoms with van der Waals surface area (Å²) in [6, 6.07) is 5.80. The molecule has 1 atom stereocenters. The van der Waals surface area contributed by atoms with E-state index in [-0.39, 0.29) is 24.7 Å². The first kappa shape index (κ1) is 19.7. The monoisotopic (exact) mass is 365 g/mol. The lowest BCUT2D eigenvalue weighted by Gasteiger charge is -2.28. The van der Waals surface area contributed by atoms with Crippen LogP contribution >= 0.6 is 11.6 Å². The molecule has 2 rings (SSSR count). The number of hydrogen-bond acceptors (Lipinski definition) is 3. The summed E-state index contributed by atoms with van der Waals surface area (Å²) in [6.45, 7) is 3.40. The number of nitrogens with zero attached hydrogens (tertiary/aromatic N) is 2. The number of nitrogens with one attached hydrogen (secondary N) is 1. The largest absolute Gasteiger partial charge is 0.341 e. The normalized spacial score (nSPS) is 18.1. The summed E-state index contributed by atoms with van der Waals surface area (Å²) in [5.74, 6) is -0.0931. The molecule has 1 fully saturated rings. The highest BCUT2D eigenvalue weighted by atomic mass is 35.5. The van der Waals surface area contributed by atoms with Crippen molar-refractivity contribution in [3.05, 3.63) is 28.8 Å². The lowest BCUT2D eigenvalue weighted by molar-refractivity contribution is -0.133. The number of hydrogen-bond donors (Lipinski definition) is 1. The first-order valence-electron chi connectivity index (χ1n) is 8.87. The van der Waals surface area contributed by atoms with Gasteiger partial charge in [0.1, 0.15) is 0 Å². The zero-order valence-corrected chi connectivity index (χ0v) is 16.1. The number of anilines is 1. The Morgan fingerprint density at radius 2 is 2.04 bits per heavy atom. The molecule has 0 radical (unpaired) electrons. The predicted octanol–water partition coefficient (Wildman–Crippen LogP) is 3.31. The molecule has 0 bridgehead atoms. The Labute approximate surface area is 155 Å². The van der Waals surface area contributed by atoms with Crippen molar-refractivity contribution in [2.45, 2.75) is 45.1 Å². The van der Waals surface area contributed by atoms with Gasteiger partial charge in [-0.05, 0) is 51.6 Å². The van der Waals surface area contributed by atoms with Gasteiger partial charge in [-0.25, -0.2) is 0 Å². The molecular formula is C19H28ClN3O2. The molecule has 1 heterocycles. The topological polar surface area (TPSA) is 52.7 Å². The SMILES string of the molecule is Cc1c(Cl)cccc1NC(=O)CCC(=O)N1CCCC[C@H](N(C)C)C1. The quantitative estimate of drug-likeness (QED) is 0.870. The second-order valence-corrected chi connectivity index (χ2v) is 7.32. The van der Waals surface area contributed by atoms with Crippen LogP contribution in [0.2, 0.25) is 5.02 Å². The van der Waals surface area contributed by atoms with Gasteiger partial charge in [-0.15, -0.1) is 0 Å². The first-order chi connectivity index (χ1) is 11.9. The van der Waals surface area contributed by atoms with Gasteiger partial charge in [-0.3, -0.25) is 9.59 Å². The molecule has 1 aliphatic heterocycles. The molecule has 6 heteroatoms. The molecule has 1 saturated heterocycles. The predicted molar refractivity (Wildman–Crippen MR) is 102 cm³/mol. The lowest BCUT2D eigenvalue weighted by atomic mass is 10.1. The fourth-order valence-electron chi connectivity index (χ4n) is 3.10.